The van der Waals surface area contributed by atoms with Crippen molar-refractivity contribution in [2.45, 2.75) is 47.0 Å². The number of hydrogen-bond acceptors (Lipinski definition) is 2. The van der Waals surface area contributed by atoms with E-state index in [2.05, 4.69) is 5.32 Å². The second-order valence-electron chi connectivity index (χ2n) is 5.93. The highest BCUT2D eigenvalue weighted by atomic mass is 16.4. The predicted molar refractivity (Wildman–Crippen MR) is 63.1 cm³/mol. The number of aliphatic carboxylic acids is 1. The van der Waals surface area contributed by atoms with Crippen LogP contribution in [0, 0.1) is 10.8 Å². The highest BCUT2D eigenvalue weighted by molar-refractivity contribution is 5.76. The van der Waals surface area contributed by atoms with Gasteiger partial charge in [-0.1, -0.05) is 27.7 Å². The number of carboxylic acid groups (broad SMARTS) is 1. The number of carbonyl (C=O) groups excluding carboxylic acids is 1. The Balaban J connectivity index is 4.44. The van der Waals surface area contributed by atoms with E-state index in [1.165, 1.54) is 0 Å². The molecule has 0 atom stereocenters. The lowest BCUT2D eigenvalue weighted by molar-refractivity contribution is -0.139. The van der Waals surface area contributed by atoms with E-state index in [1.54, 1.807) is 7.05 Å². The third-order valence-corrected chi connectivity index (χ3v) is 2.50. The first-order valence-electron chi connectivity index (χ1n) is 5.50. The molecule has 0 aromatic heterocycles. The molecule has 0 radical (unpaired) electrons. The molecule has 0 spiro atoms. The molecular formula is C12H23NO3. The van der Waals surface area contributed by atoms with Gasteiger partial charge in [-0.3, -0.25) is 9.59 Å². The highest BCUT2D eigenvalue weighted by Gasteiger charge is 2.31. The minimum atomic E-state index is -0.791. The van der Waals surface area contributed by atoms with E-state index in [4.69, 9.17) is 5.11 Å². The van der Waals surface area contributed by atoms with E-state index < -0.39 is 5.97 Å². The average Bonchev–Trinajstić information content (AvgIpc) is 1.97. The zero-order valence-corrected chi connectivity index (χ0v) is 10.9. The minimum Gasteiger partial charge on any atom is -0.481 e. The highest BCUT2D eigenvalue weighted by Crippen LogP contribution is 2.38. The summed E-state index contributed by atoms with van der Waals surface area (Å²) < 4.78 is 0. The summed E-state index contributed by atoms with van der Waals surface area (Å²) in [5, 5.41) is 11.4. The Kier molecular flexibility index (Phi) is 4.97. The third kappa shape index (κ3) is 6.43. The van der Waals surface area contributed by atoms with Crippen LogP contribution in [0.15, 0.2) is 0 Å². The molecule has 0 bridgehead atoms. The van der Waals surface area contributed by atoms with Crippen molar-refractivity contribution in [2.24, 2.45) is 10.8 Å². The molecule has 4 heteroatoms. The Hall–Kier alpha value is -1.06. The van der Waals surface area contributed by atoms with Gasteiger partial charge in [-0.05, 0) is 17.3 Å². The largest absolute Gasteiger partial charge is 0.481 e. The first kappa shape index (κ1) is 14.9. The van der Waals surface area contributed by atoms with E-state index in [9.17, 15) is 9.59 Å². The van der Waals surface area contributed by atoms with Crippen molar-refractivity contribution in [1.82, 2.24) is 5.32 Å². The first-order valence-corrected chi connectivity index (χ1v) is 5.50. The molecule has 94 valence electrons. The Morgan fingerprint density at radius 3 is 1.88 bits per heavy atom. The Morgan fingerprint density at radius 2 is 1.50 bits per heavy atom. The van der Waals surface area contributed by atoms with Crippen LogP contribution >= 0.6 is 0 Å². The topological polar surface area (TPSA) is 66.4 Å². The summed E-state index contributed by atoms with van der Waals surface area (Å²) in [5.74, 6) is -0.795. The van der Waals surface area contributed by atoms with Crippen LogP contribution in [0.25, 0.3) is 0 Å². The van der Waals surface area contributed by atoms with Crippen molar-refractivity contribution in [3.63, 3.8) is 0 Å². The van der Waals surface area contributed by atoms with Gasteiger partial charge in [-0.15, -0.1) is 0 Å². The molecule has 0 aromatic rings. The summed E-state index contributed by atoms with van der Waals surface area (Å²) in [6.07, 6.45) is 1.26. The molecule has 2 N–H and O–H groups in total. The van der Waals surface area contributed by atoms with Crippen molar-refractivity contribution in [3.8, 4) is 0 Å². The maximum atomic E-state index is 11.3. The maximum Gasteiger partial charge on any atom is 0.303 e. The Morgan fingerprint density at radius 1 is 1.06 bits per heavy atom. The molecule has 0 heterocycles. The molecule has 0 aromatic carbocycles. The van der Waals surface area contributed by atoms with Gasteiger partial charge < -0.3 is 10.4 Å². The molecule has 0 aliphatic heterocycles. The van der Waals surface area contributed by atoms with Gasteiger partial charge in [0.15, 0.2) is 0 Å². The molecule has 0 saturated heterocycles. The molecular weight excluding hydrogens is 206 g/mol. The zero-order valence-electron chi connectivity index (χ0n) is 10.9. The fourth-order valence-corrected chi connectivity index (χ4v) is 2.35. The summed E-state index contributed by atoms with van der Waals surface area (Å²) in [5.41, 5.74) is -0.470. The van der Waals surface area contributed by atoms with Crippen LogP contribution in [0.4, 0.5) is 0 Å². The summed E-state index contributed by atoms with van der Waals surface area (Å²) in [6.45, 7) is 7.83. The average molecular weight is 229 g/mol. The van der Waals surface area contributed by atoms with E-state index in [0.29, 0.717) is 12.8 Å². The fourth-order valence-electron chi connectivity index (χ4n) is 2.35. The normalized spacial score (nSPS) is 12.3. The molecule has 1 amide bonds. The van der Waals surface area contributed by atoms with E-state index in [1.807, 2.05) is 27.7 Å². The van der Waals surface area contributed by atoms with Crippen molar-refractivity contribution >= 4 is 11.9 Å². The van der Waals surface area contributed by atoms with E-state index in [0.717, 1.165) is 0 Å². The van der Waals surface area contributed by atoms with Crippen LogP contribution < -0.4 is 5.32 Å². The van der Waals surface area contributed by atoms with Crippen LogP contribution in [0.5, 0.6) is 0 Å². The zero-order chi connectivity index (χ0) is 13.0. The van der Waals surface area contributed by atoms with Gasteiger partial charge in [0, 0.05) is 13.5 Å². The smallest absolute Gasteiger partial charge is 0.303 e. The maximum absolute atomic E-state index is 11.3. The molecule has 0 saturated carbocycles. The molecule has 0 aliphatic carbocycles. The first-order chi connectivity index (χ1) is 7.08. The lowest BCUT2D eigenvalue weighted by Crippen LogP contribution is -2.31. The summed E-state index contributed by atoms with van der Waals surface area (Å²) in [6, 6.07) is 0. The van der Waals surface area contributed by atoms with Gasteiger partial charge in [-0.25, -0.2) is 0 Å². The molecule has 0 fully saturated rings. The third-order valence-electron chi connectivity index (χ3n) is 2.50. The Labute approximate surface area is 97.4 Å². The molecule has 0 unspecified atom stereocenters. The van der Waals surface area contributed by atoms with Crippen LogP contribution in [0.2, 0.25) is 0 Å². The fraction of sp³-hybridized carbons (Fsp3) is 0.833. The number of nitrogens with one attached hydrogen (secondary N) is 1. The number of hydrogen-bond donors (Lipinski definition) is 2. The number of carbonyl (C=O) groups is 2. The molecule has 0 rings (SSSR count). The number of amides is 1. The molecule has 0 aliphatic rings. The van der Waals surface area contributed by atoms with Crippen LogP contribution in [0.3, 0.4) is 0 Å². The van der Waals surface area contributed by atoms with Crippen molar-refractivity contribution in [3.05, 3.63) is 0 Å². The van der Waals surface area contributed by atoms with Crippen molar-refractivity contribution in [1.29, 1.82) is 0 Å². The number of rotatable bonds is 6. The van der Waals surface area contributed by atoms with Crippen LogP contribution in [-0.2, 0) is 9.59 Å². The van der Waals surface area contributed by atoms with Gasteiger partial charge in [0.1, 0.15) is 0 Å². The summed E-state index contributed by atoms with van der Waals surface area (Å²) in [4.78, 5) is 22.0. The van der Waals surface area contributed by atoms with Gasteiger partial charge in [0.25, 0.3) is 0 Å². The second-order valence-corrected chi connectivity index (χ2v) is 5.93. The van der Waals surface area contributed by atoms with Crippen molar-refractivity contribution < 1.29 is 14.7 Å². The lowest BCUT2D eigenvalue weighted by Gasteiger charge is -2.33. The minimum absolute atomic E-state index is 0.00359. The quantitative estimate of drug-likeness (QED) is 0.732. The monoisotopic (exact) mass is 229 g/mol. The van der Waals surface area contributed by atoms with E-state index >= 15 is 0 Å². The van der Waals surface area contributed by atoms with Crippen LogP contribution in [0.1, 0.15) is 47.0 Å². The second kappa shape index (κ2) is 5.32. The molecule has 16 heavy (non-hydrogen) atoms. The summed E-state index contributed by atoms with van der Waals surface area (Å²) in [7, 11) is 1.61. The van der Waals surface area contributed by atoms with E-state index in [-0.39, 0.29) is 23.2 Å². The summed E-state index contributed by atoms with van der Waals surface area (Å²) >= 11 is 0. The number of carboxylic acids is 1. The molecule has 4 nitrogen and oxygen atoms in total. The SMILES string of the molecule is CNC(=O)CC(C)(C)CC(C)(C)CC(=O)O. The van der Waals surface area contributed by atoms with Crippen LogP contribution in [-0.4, -0.2) is 24.0 Å². The Bertz CT molecular complexity index is 269. The standard InChI is InChI=1S/C12H23NO3/c1-11(2,6-9(14)13-5)8-12(3,4)7-10(15)16/h6-8H2,1-5H3,(H,13,14)(H,15,16). The van der Waals surface area contributed by atoms with Gasteiger partial charge >= 0.3 is 5.97 Å². The van der Waals surface area contributed by atoms with Crippen molar-refractivity contribution in [2.75, 3.05) is 7.05 Å². The van der Waals surface area contributed by atoms with Gasteiger partial charge in [-0.2, -0.15) is 0 Å². The van der Waals surface area contributed by atoms with Gasteiger partial charge in [0.05, 0.1) is 6.42 Å². The van der Waals surface area contributed by atoms with Gasteiger partial charge in [0.2, 0.25) is 5.91 Å². The predicted octanol–water partition coefficient (Wildman–Crippen LogP) is 2.04. The lowest BCUT2D eigenvalue weighted by atomic mass is 9.72.